The molecule has 0 spiro atoms. The fourth-order valence-electron chi connectivity index (χ4n) is 3.89. The molecule has 0 bridgehead atoms. The van der Waals surface area contributed by atoms with Crippen LogP contribution in [0.3, 0.4) is 0 Å². The summed E-state index contributed by atoms with van der Waals surface area (Å²) in [5.74, 6) is -0.960. The first kappa shape index (κ1) is 26.7. The number of ether oxygens (including phenoxy) is 1. The molecule has 0 aliphatic heterocycles. The number of carbonyl (C=O) groups excluding carboxylic acids is 3. The molecule has 11 heteroatoms. The smallest absolute Gasteiger partial charge is 0.280 e. The zero-order valence-electron chi connectivity index (χ0n) is 19.8. The van der Waals surface area contributed by atoms with Gasteiger partial charge in [-0.15, -0.1) is 11.3 Å². The lowest BCUT2D eigenvalue weighted by atomic mass is 9.95. The van der Waals surface area contributed by atoms with Gasteiger partial charge in [-0.1, -0.05) is 29.3 Å². The van der Waals surface area contributed by atoms with E-state index >= 15 is 0 Å². The molecule has 4 rings (SSSR count). The maximum Gasteiger partial charge on any atom is 0.280 e. The van der Waals surface area contributed by atoms with Gasteiger partial charge in [-0.3, -0.25) is 14.4 Å². The number of aryl methyl sites for hydroxylation is 1. The Morgan fingerprint density at radius 1 is 1.08 bits per heavy atom. The predicted molar refractivity (Wildman–Crippen MR) is 146 cm³/mol. The van der Waals surface area contributed by atoms with E-state index in [4.69, 9.17) is 33.7 Å². The molecule has 37 heavy (non-hydrogen) atoms. The van der Waals surface area contributed by atoms with Crippen molar-refractivity contribution in [2.24, 2.45) is 10.8 Å². The third kappa shape index (κ3) is 6.49. The summed E-state index contributed by atoms with van der Waals surface area (Å²) in [6, 6.07) is 11.3. The van der Waals surface area contributed by atoms with Gasteiger partial charge in [-0.05, 0) is 80.1 Å². The minimum absolute atomic E-state index is 0.366. The van der Waals surface area contributed by atoms with Crippen LogP contribution in [0.15, 0.2) is 47.6 Å². The second-order valence-corrected chi connectivity index (χ2v) is 10.3. The molecule has 2 aromatic carbocycles. The summed E-state index contributed by atoms with van der Waals surface area (Å²) in [5, 5.41) is 8.02. The maximum absolute atomic E-state index is 12.8. The number of carbonyl (C=O) groups is 3. The molecule has 0 fully saturated rings. The summed E-state index contributed by atoms with van der Waals surface area (Å²) >= 11 is 13.3. The average molecular weight is 559 g/mol. The molecule has 1 aromatic heterocycles. The summed E-state index contributed by atoms with van der Waals surface area (Å²) in [5.41, 5.74) is 10.4. The first-order valence-corrected chi connectivity index (χ1v) is 13.1. The van der Waals surface area contributed by atoms with Gasteiger partial charge in [0.2, 0.25) is 0 Å². The Kier molecular flexibility index (Phi) is 8.48. The average Bonchev–Trinajstić information content (AvgIpc) is 3.24. The van der Waals surface area contributed by atoms with Gasteiger partial charge in [0.15, 0.2) is 6.10 Å². The lowest BCUT2D eigenvalue weighted by molar-refractivity contribution is -0.127. The number of halogens is 2. The Balaban J connectivity index is 1.34. The number of nitrogens with zero attached hydrogens (tertiary/aromatic N) is 1. The Hall–Kier alpha value is -3.40. The van der Waals surface area contributed by atoms with E-state index in [1.165, 1.54) is 17.6 Å². The minimum atomic E-state index is -0.846. The molecular weight excluding hydrogens is 535 g/mol. The van der Waals surface area contributed by atoms with Gasteiger partial charge in [0, 0.05) is 10.4 Å². The van der Waals surface area contributed by atoms with Crippen LogP contribution in [0.4, 0.5) is 5.00 Å². The molecule has 8 nitrogen and oxygen atoms in total. The monoisotopic (exact) mass is 558 g/mol. The van der Waals surface area contributed by atoms with E-state index in [-0.39, 0.29) is 5.91 Å². The first-order valence-electron chi connectivity index (χ1n) is 11.5. The van der Waals surface area contributed by atoms with Crippen LogP contribution in [0.25, 0.3) is 0 Å². The highest BCUT2D eigenvalue weighted by Gasteiger charge is 2.25. The predicted octanol–water partition coefficient (Wildman–Crippen LogP) is 5.20. The molecule has 1 heterocycles. The quantitative estimate of drug-likeness (QED) is 0.259. The van der Waals surface area contributed by atoms with E-state index in [1.807, 2.05) is 0 Å². The molecule has 1 aliphatic carbocycles. The minimum Gasteiger partial charge on any atom is -0.481 e. The third-order valence-corrected chi connectivity index (χ3v) is 7.72. The highest BCUT2D eigenvalue weighted by Crippen LogP contribution is 2.38. The van der Waals surface area contributed by atoms with Crippen molar-refractivity contribution >= 4 is 63.5 Å². The number of primary amides is 1. The van der Waals surface area contributed by atoms with Gasteiger partial charge in [-0.25, -0.2) is 5.43 Å². The zero-order valence-corrected chi connectivity index (χ0v) is 22.2. The van der Waals surface area contributed by atoms with Crippen LogP contribution in [-0.2, 0) is 17.6 Å². The van der Waals surface area contributed by atoms with Crippen molar-refractivity contribution in [3.05, 3.63) is 79.6 Å². The van der Waals surface area contributed by atoms with Crippen LogP contribution in [0, 0.1) is 0 Å². The summed E-state index contributed by atoms with van der Waals surface area (Å²) in [4.78, 5) is 38.3. The van der Waals surface area contributed by atoms with Crippen molar-refractivity contribution in [3.63, 3.8) is 0 Å². The van der Waals surface area contributed by atoms with Crippen LogP contribution in [0.1, 0.15) is 56.5 Å². The molecule has 0 radical (unpaired) electrons. The van der Waals surface area contributed by atoms with Crippen LogP contribution < -0.4 is 21.2 Å². The van der Waals surface area contributed by atoms with E-state index in [9.17, 15) is 14.4 Å². The Morgan fingerprint density at radius 2 is 1.81 bits per heavy atom. The summed E-state index contributed by atoms with van der Waals surface area (Å²) < 4.78 is 5.66. The van der Waals surface area contributed by atoms with Crippen molar-refractivity contribution in [3.8, 4) is 5.75 Å². The van der Waals surface area contributed by atoms with E-state index < -0.39 is 17.9 Å². The lowest BCUT2D eigenvalue weighted by Gasteiger charge is -2.13. The summed E-state index contributed by atoms with van der Waals surface area (Å²) in [7, 11) is 0. The normalized spacial score (nSPS) is 13.6. The molecule has 192 valence electrons. The number of fused-ring (bicyclic) bond motifs is 1. The topological polar surface area (TPSA) is 123 Å². The Morgan fingerprint density at radius 3 is 2.51 bits per heavy atom. The second kappa shape index (κ2) is 11.8. The zero-order chi connectivity index (χ0) is 26.5. The van der Waals surface area contributed by atoms with Crippen molar-refractivity contribution in [1.29, 1.82) is 0 Å². The van der Waals surface area contributed by atoms with Crippen molar-refractivity contribution in [2.45, 2.75) is 38.7 Å². The van der Waals surface area contributed by atoms with Gasteiger partial charge in [-0.2, -0.15) is 5.10 Å². The molecule has 3 amide bonds. The molecule has 0 unspecified atom stereocenters. The van der Waals surface area contributed by atoms with Crippen LogP contribution in [0.5, 0.6) is 5.75 Å². The van der Waals surface area contributed by atoms with Gasteiger partial charge in [0.25, 0.3) is 17.7 Å². The fraction of sp³-hybridized carbons (Fsp3) is 0.231. The largest absolute Gasteiger partial charge is 0.481 e. The number of hydrazone groups is 1. The standard InChI is InChI=1S/C26H24Cl2N4O4S/c1-14(24(34)32-30-13-15-6-11-19(27)20(28)12-15)36-17-9-7-16(8-10-17)25(35)31-26-22(23(29)33)18-4-2-3-5-21(18)37-26/h6-14H,2-5H2,1H3,(H2,29,33)(H,31,35)(H,32,34)/b30-13-/t14-/m1/s1. The number of nitrogens with two attached hydrogens (primary N) is 1. The SMILES string of the molecule is C[C@@H](Oc1ccc(C(=O)Nc2sc3c(c2C(N)=O)CCCC3)cc1)C(=O)N/N=C\c1ccc(Cl)c(Cl)c1. The van der Waals surface area contributed by atoms with Crippen molar-refractivity contribution < 1.29 is 19.1 Å². The van der Waals surface area contributed by atoms with Crippen LogP contribution in [0.2, 0.25) is 10.0 Å². The maximum atomic E-state index is 12.8. The third-order valence-electron chi connectivity index (χ3n) is 5.78. The molecule has 3 aromatic rings. The van der Waals surface area contributed by atoms with Crippen LogP contribution >= 0.6 is 34.5 Å². The van der Waals surface area contributed by atoms with Gasteiger partial charge < -0.3 is 15.8 Å². The van der Waals surface area contributed by atoms with E-state index in [2.05, 4.69) is 15.8 Å². The number of hydrogen-bond acceptors (Lipinski definition) is 6. The molecule has 4 N–H and O–H groups in total. The van der Waals surface area contributed by atoms with Gasteiger partial charge >= 0.3 is 0 Å². The number of benzene rings is 2. The number of anilines is 1. The Bertz CT molecular complexity index is 1370. The van der Waals surface area contributed by atoms with Crippen molar-refractivity contribution in [1.82, 2.24) is 5.43 Å². The van der Waals surface area contributed by atoms with Crippen molar-refractivity contribution in [2.75, 3.05) is 5.32 Å². The number of rotatable bonds is 8. The fourth-order valence-corrected chi connectivity index (χ4v) is 5.48. The molecule has 0 saturated heterocycles. The second-order valence-electron chi connectivity index (χ2n) is 8.43. The molecular formula is C26H24Cl2N4O4S. The van der Waals surface area contributed by atoms with Gasteiger partial charge in [0.1, 0.15) is 10.8 Å². The molecule has 0 saturated carbocycles. The van der Waals surface area contributed by atoms with Crippen LogP contribution in [-0.4, -0.2) is 30.0 Å². The van der Waals surface area contributed by atoms with E-state index in [1.54, 1.807) is 49.4 Å². The van der Waals surface area contributed by atoms with E-state index in [0.29, 0.717) is 37.5 Å². The number of hydrogen-bond donors (Lipinski definition) is 3. The summed E-state index contributed by atoms with van der Waals surface area (Å²) in [6.45, 7) is 1.58. The highest BCUT2D eigenvalue weighted by molar-refractivity contribution is 7.17. The number of thiophene rings is 1. The summed E-state index contributed by atoms with van der Waals surface area (Å²) in [6.07, 6.45) is 4.32. The van der Waals surface area contributed by atoms with Gasteiger partial charge in [0.05, 0.1) is 21.8 Å². The first-order chi connectivity index (χ1) is 17.7. The number of nitrogens with one attached hydrogen (secondary N) is 2. The Labute approximate surface area is 227 Å². The molecule has 1 atom stereocenters. The lowest BCUT2D eigenvalue weighted by Crippen LogP contribution is -2.33. The highest BCUT2D eigenvalue weighted by atomic mass is 35.5. The molecule has 1 aliphatic rings. The van der Waals surface area contributed by atoms with E-state index in [0.717, 1.165) is 36.1 Å². The number of amides is 3.